The van der Waals surface area contributed by atoms with E-state index in [2.05, 4.69) is 0 Å². The summed E-state index contributed by atoms with van der Waals surface area (Å²) < 4.78 is 5.56. The van der Waals surface area contributed by atoms with Crippen molar-refractivity contribution < 1.29 is 23.9 Å². The van der Waals surface area contributed by atoms with E-state index in [4.69, 9.17) is 27.9 Å². The topological polar surface area (TPSA) is 84.0 Å². The summed E-state index contributed by atoms with van der Waals surface area (Å²) in [6, 6.07) is 9.79. The number of amides is 3. The number of aryl methyl sites for hydroxylation is 1. The van der Waals surface area contributed by atoms with Gasteiger partial charge in [0, 0.05) is 13.0 Å². The highest BCUT2D eigenvalue weighted by molar-refractivity contribution is 6.44. The molecular formula is C26H22Cl2N2O5. The molecule has 1 aliphatic carbocycles. The van der Waals surface area contributed by atoms with Crippen molar-refractivity contribution in [2.24, 2.45) is 17.8 Å². The molecule has 0 unspecified atom stereocenters. The lowest BCUT2D eigenvalue weighted by Crippen LogP contribution is -2.31. The highest BCUT2D eigenvalue weighted by Gasteiger charge is 2.48. The molecule has 2 aliphatic heterocycles. The molecule has 7 nitrogen and oxygen atoms in total. The first-order valence-corrected chi connectivity index (χ1v) is 12.1. The Balaban J connectivity index is 1.29. The molecule has 0 saturated carbocycles. The number of ether oxygens (including phenoxy) is 1. The second kappa shape index (κ2) is 9.13. The Labute approximate surface area is 212 Å². The fourth-order valence-electron chi connectivity index (χ4n) is 4.98. The number of imide groups is 1. The lowest BCUT2D eigenvalue weighted by atomic mass is 9.85. The number of allylic oxidation sites excluding steroid dienone is 2. The van der Waals surface area contributed by atoms with Gasteiger partial charge < -0.3 is 9.64 Å². The van der Waals surface area contributed by atoms with Crippen molar-refractivity contribution in [3.05, 3.63) is 64.2 Å². The second-order valence-electron chi connectivity index (χ2n) is 9.02. The number of anilines is 2. The van der Waals surface area contributed by atoms with Crippen molar-refractivity contribution in [2.75, 3.05) is 16.3 Å². The molecule has 3 amide bonds. The number of hydrogen-bond acceptors (Lipinski definition) is 5. The smallest absolute Gasteiger partial charge is 0.316 e. The van der Waals surface area contributed by atoms with Crippen LogP contribution in [0, 0.1) is 24.7 Å². The van der Waals surface area contributed by atoms with Crippen LogP contribution in [-0.4, -0.2) is 30.2 Å². The van der Waals surface area contributed by atoms with Crippen molar-refractivity contribution >= 4 is 58.3 Å². The van der Waals surface area contributed by atoms with Crippen molar-refractivity contribution in [1.29, 1.82) is 0 Å². The predicted octanol–water partition coefficient (Wildman–Crippen LogP) is 4.72. The molecule has 180 valence electrons. The summed E-state index contributed by atoms with van der Waals surface area (Å²) in [6.45, 7) is 1.89. The molecule has 2 aromatic carbocycles. The number of benzene rings is 2. The Morgan fingerprint density at radius 1 is 0.971 bits per heavy atom. The van der Waals surface area contributed by atoms with Gasteiger partial charge in [-0.25, -0.2) is 4.90 Å². The third-order valence-electron chi connectivity index (χ3n) is 6.82. The fraction of sp³-hybridized carbons (Fsp3) is 0.308. The summed E-state index contributed by atoms with van der Waals surface area (Å²) in [6.07, 6.45) is 5.02. The SMILES string of the molecule is Cc1cc(OC(=O)[C@H]2CC(=O)N(c3cccc(Cl)c3Cl)C2)ccc1N1C(=O)[C@H]2CC=CC[C@H]2C1=O. The summed E-state index contributed by atoms with van der Waals surface area (Å²) in [5.74, 6) is -2.21. The van der Waals surface area contributed by atoms with Crippen molar-refractivity contribution in [2.45, 2.75) is 26.2 Å². The maximum absolute atomic E-state index is 12.9. The molecule has 9 heteroatoms. The highest BCUT2D eigenvalue weighted by Crippen LogP contribution is 2.40. The van der Waals surface area contributed by atoms with E-state index in [1.165, 1.54) is 9.80 Å². The van der Waals surface area contributed by atoms with Gasteiger partial charge in [-0.3, -0.25) is 19.2 Å². The molecule has 5 rings (SSSR count). The molecular weight excluding hydrogens is 491 g/mol. The van der Waals surface area contributed by atoms with Crippen LogP contribution in [0.15, 0.2) is 48.6 Å². The average Bonchev–Trinajstić information content (AvgIpc) is 3.34. The highest BCUT2D eigenvalue weighted by atomic mass is 35.5. The van der Waals surface area contributed by atoms with Crippen LogP contribution in [0.1, 0.15) is 24.8 Å². The number of halogens is 2. The lowest BCUT2D eigenvalue weighted by molar-refractivity contribution is -0.139. The van der Waals surface area contributed by atoms with Crippen molar-refractivity contribution in [3.8, 4) is 5.75 Å². The molecule has 0 N–H and O–H groups in total. The molecule has 0 spiro atoms. The molecule has 0 bridgehead atoms. The number of hydrogen-bond donors (Lipinski definition) is 0. The van der Waals surface area contributed by atoms with Gasteiger partial charge in [-0.1, -0.05) is 41.4 Å². The summed E-state index contributed by atoms with van der Waals surface area (Å²) in [4.78, 5) is 53.9. The van der Waals surface area contributed by atoms with Crippen molar-refractivity contribution in [3.63, 3.8) is 0 Å². The van der Waals surface area contributed by atoms with Gasteiger partial charge in [0.25, 0.3) is 0 Å². The molecule has 0 aromatic heterocycles. The third kappa shape index (κ3) is 4.13. The van der Waals surface area contributed by atoms with Crippen LogP contribution >= 0.6 is 23.2 Å². The molecule has 2 aromatic rings. The summed E-state index contributed by atoms with van der Waals surface area (Å²) in [5.41, 5.74) is 1.58. The normalized spacial score (nSPS) is 23.7. The standard InChI is InChI=1S/C26H22Cl2N2O5/c1-14-11-16(9-10-20(14)30-24(32)17-5-2-3-6-18(17)25(30)33)35-26(34)15-12-22(31)29(13-15)21-8-4-7-19(27)23(21)28/h2-4,7-11,15,17-18H,5-6,12-13H2,1H3/t15-,17-,18+/m0/s1. The van der Waals surface area contributed by atoms with E-state index in [1.54, 1.807) is 43.3 Å². The number of esters is 1. The minimum Gasteiger partial charge on any atom is -0.426 e. The van der Waals surface area contributed by atoms with Gasteiger partial charge in [-0.05, 0) is 55.7 Å². The molecule has 35 heavy (non-hydrogen) atoms. The zero-order chi connectivity index (χ0) is 24.9. The first kappa shape index (κ1) is 23.6. The molecule has 2 heterocycles. The zero-order valence-electron chi connectivity index (χ0n) is 18.9. The maximum Gasteiger partial charge on any atom is 0.316 e. The van der Waals surface area contributed by atoms with E-state index in [-0.39, 0.29) is 53.3 Å². The van der Waals surface area contributed by atoms with Gasteiger partial charge >= 0.3 is 5.97 Å². The first-order chi connectivity index (χ1) is 16.8. The minimum atomic E-state index is -0.671. The van der Waals surface area contributed by atoms with Gasteiger partial charge in [0.15, 0.2) is 0 Å². The molecule has 3 aliphatic rings. The van der Waals surface area contributed by atoms with Crippen LogP contribution in [0.5, 0.6) is 5.75 Å². The maximum atomic E-state index is 12.9. The van der Waals surface area contributed by atoms with Gasteiger partial charge in [-0.15, -0.1) is 0 Å². The largest absolute Gasteiger partial charge is 0.426 e. The molecule has 2 saturated heterocycles. The quantitative estimate of drug-likeness (QED) is 0.256. The van der Waals surface area contributed by atoms with E-state index in [1.807, 2.05) is 12.2 Å². The summed E-state index contributed by atoms with van der Waals surface area (Å²) in [5, 5.41) is 0.577. The third-order valence-corrected chi connectivity index (χ3v) is 7.62. The Kier molecular flexibility index (Phi) is 6.15. The second-order valence-corrected chi connectivity index (χ2v) is 9.80. The first-order valence-electron chi connectivity index (χ1n) is 11.4. The van der Waals surface area contributed by atoms with Gasteiger partial charge in [0.05, 0.1) is 39.2 Å². The van der Waals surface area contributed by atoms with E-state index in [9.17, 15) is 19.2 Å². The predicted molar refractivity (Wildman–Crippen MR) is 132 cm³/mol. The van der Waals surface area contributed by atoms with Crippen molar-refractivity contribution in [1.82, 2.24) is 0 Å². The van der Waals surface area contributed by atoms with Crippen LogP contribution in [0.3, 0.4) is 0 Å². The number of fused-ring (bicyclic) bond motifs is 1. The van der Waals surface area contributed by atoms with Gasteiger partial charge in [0.1, 0.15) is 5.75 Å². The van der Waals surface area contributed by atoms with E-state index in [0.717, 1.165) is 0 Å². The number of rotatable bonds is 4. The average molecular weight is 513 g/mol. The molecule has 2 fully saturated rings. The number of nitrogens with zero attached hydrogens (tertiary/aromatic N) is 2. The van der Waals surface area contributed by atoms with Crippen LogP contribution in [0.4, 0.5) is 11.4 Å². The Bertz CT molecular complexity index is 1260. The lowest BCUT2D eigenvalue weighted by Gasteiger charge is -2.19. The van der Waals surface area contributed by atoms with Gasteiger partial charge in [0.2, 0.25) is 17.7 Å². The van der Waals surface area contributed by atoms with Crippen LogP contribution in [-0.2, 0) is 19.2 Å². The van der Waals surface area contributed by atoms with Crippen LogP contribution in [0.25, 0.3) is 0 Å². The van der Waals surface area contributed by atoms with Crippen LogP contribution in [0.2, 0.25) is 10.0 Å². The Morgan fingerprint density at radius 3 is 2.31 bits per heavy atom. The fourth-order valence-corrected chi connectivity index (χ4v) is 5.38. The summed E-state index contributed by atoms with van der Waals surface area (Å²) >= 11 is 12.3. The Morgan fingerprint density at radius 2 is 1.66 bits per heavy atom. The van der Waals surface area contributed by atoms with E-state index in [0.29, 0.717) is 34.8 Å². The van der Waals surface area contributed by atoms with E-state index < -0.39 is 11.9 Å². The van der Waals surface area contributed by atoms with Crippen LogP contribution < -0.4 is 14.5 Å². The zero-order valence-corrected chi connectivity index (χ0v) is 20.4. The number of carbonyl (C=O) groups excluding carboxylic acids is 4. The number of carbonyl (C=O) groups is 4. The summed E-state index contributed by atoms with van der Waals surface area (Å²) in [7, 11) is 0. The minimum absolute atomic E-state index is 0.00760. The molecule has 3 atom stereocenters. The Hall–Kier alpha value is -3.16. The van der Waals surface area contributed by atoms with Gasteiger partial charge in [-0.2, -0.15) is 0 Å². The molecule has 0 radical (unpaired) electrons. The monoisotopic (exact) mass is 512 g/mol. The van der Waals surface area contributed by atoms with E-state index >= 15 is 0 Å².